The Labute approximate surface area is 107 Å². The minimum Gasteiger partial charge on any atom is -0.379 e. The first-order valence-corrected chi connectivity index (χ1v) is 6.21. The average Bonchev–Trinajstić information content (AvgIpc) is 2.32. The highest BCUT2D eigenvalue weighted by atomic mass is 19.1. The van der Waals surface area contributed by atoms with Crippen molar-refractivity contribution in [3.63, 3.8) is 0 Å². The van der Waals surface area contributed by atoms with E-state index >= 15 is 0 Å². The highest BCUT2D eigenvalue weighted by molar-refractivity contribution is 5.40. The number of rotatable bonds is 8. The van der Waals surface area contributed by atoms with Gasteiger partial charge >= 0.3 is 0 Å². The van der Waals surface area contributed by atoms with E-state index in [4.69, 9.17) is 4.74 Å². The van der Waals surface area contributed by atoms with Gasteiger partial charge in [0.15, 0.2) is 11.6 Å². The number of anilines is 2. The van der Waals surface area contributed by atoms with Gasteiger partial charge in [0.25, 0.3) is 0 Å². The van der Waals surface area contributed by atoms with Gasteiger partial charge in [-0.25, -0.2) is 9.37 Å². The Morgan fingerprint density at radius 2 is 2.17 bits per heavy atom. The number of hydrogen-bond acceptors (Lipinski definition) is 5. The molecule has 5 nitrogen and oxygen atoms in total. The lowest BCUT2D eigenvalue weighted by atomic mass is 10.2. The second-order valence-corrected chi connectivity index (χ2v) is 4.32. The minimum atomic E-state index is -0.458. The zero-order valence-corrected chi connectivity index (χ0v) is 11.2. The Morgan fingerprint density at radius 1 is 1.39 bits per heavy atom. The van der Waals surface area contributed by atoms with Crippen LogP contribution in [0, 0.1) is 11.7 Å². The maximum atomic E-state index is 13.4. The second kappa shape index (κ2) is 7.81. The van der Waals surface area contributed by atoms with Crippen molar-refractivity contribution in [2.24, 2.45) is 5.92 Å². The summed E-state index contributed by atoms with van der Waals surface area (Å²) in [6.45, 7) is 8.55. The van der Waals surface area contributed by atoms with Crippen molar-refractivity contribution in [1.29, 1.82) is 0 Å². The fourth-order valence-corrected chi connectivity index (χ4v) is 1.30. The Kier molecular flexibility index (Phi) is 6.35. The van der Waals surface area contributed by atoms with Crippen molar-refractivity contribution in [2.75, 3.05) is 36.9 Å². The third kappa shape index (κ3) is 5.27. The molecular formula is C12H21FN4O. The molecular weight excluding hydrogens is 235 g/mol. The van der Waals surface area contributed by atoms with Crippen molar-refractivity contribution in [3.05, 3.63) is 12.0 Å². The van der Waals surface area contributed by atoms with E-state index in [0.717, 1.165) is 6.20 Å². The van der Waals surface area contributed by atoms with Crippen LogP contribution in [0.3, 0.4) is 0 Å². The van der Waals surface area contributed by atoms with E-state index in [2.05, 4.69) is 34.4 Å². The lowest BCUT2D eigenvalue weighted by Crippen LogP contribution is -2.14. The van der Waals surface area contributed by atoms with Gasteiger partial charge in [-0.1, -0.05) is 13.8 Å². The summed E-state index contributed by atoms with van der Waals surface area (Å²) in [5, 5.41) is 5.83. The first-order valence-electron chi connectivity index (χ1n) is 6.21. The zero-order chi connectivity index (χ0) is 13.4. The maximum Gasteiger partial charge on any atom is 0.224 e. The van der Waals surface area contributed by atoms with E-state index < -0.39 is 5.82 Å². The number of ether oxygens (including phenoxy) is 1. The van der Waals surface area contributed by atoms with Gasteiger partial charge in [-0.3, -0.25) is 0 Å². The third-order valence-corrected chi connectivity index (χ3v) is 2.07. The standard InChI is InChI=1S/C12H21FN4O/c1-4-14-12-16-7-10(13)11(17-12)15-5-6-18-8-9(2)3/h7,9H,4-6,8H2,1-3H3,(H2,14,15,16,17). The van der Waals surface area contributed by atoms with E-state index in [1.54, 1.807) is 0 Å². The molecule has 1 aromatic rings. The number of hydrogen-bond donors (Lipinski definition) is 2. The largest absolute Gasteiger partial charge is 0.379 e. The average molecular weight is 256 g/mol. The molecule has 0 aliphatic rings. The second-order valence-electron chi connectivity index (χ2n) is 4.32. The summed E-state index contributed by atoms with van der Waals surface area (Å²) in [7, 11) is 0. The molecule has 0 radical (unpaired) electrons. The molecule has 1 aromatic heterocycles. The molecule has 0 amide bonds. The van der Waals surface area contributed by atoms with Crippen LogP contribution in [0.4, 0.5) is 16.2 Å². The number of halogens is 1. The smallest absolute Gasteiger partial charge is 0.224 e. The predicted octanol–water partition coefficient (Wildman–Crippen LogP) is 2.13. The van der Waals surface area contributed by atoms with E-state index in [1.165, 1.54) is 0 Å². The normalized spacial score (nSPS) is 10.7. The summed E-state index contributed by atoms with van der Waals surface area (Å²) < 4.78 is 18.8. The molecule has 18 heavy (non-hydrogen) atoms. The molecule has 6 heteroatoms. The predicted molar refractivity (Wildman–Crippen MR) is 70.3 cm³/mol. The van der Waals surface area contributed by atoms with Crippen molar-refractivity contribution in [1.82, 2.24) is 9.97 Å². The Hall–Kier alpha value is -1.43. The molecule has 0 aliphatic carbocycles. The van der Waals surface area contributed by atoms with E-state index in [0.29, 0.717) is 38.2 Å². The molecule has 0 bridgehead atoms. The van der Waals surface area contributed by atoms with Crippen LogP contribution in [-0.2, 0) is 4.74 Å². The summed E-state index contributed by atoms with van der Waals surface area (Å²) in [6.07, 6.45) is 1.16. The molecule has 102 valence electrons. The quantitative estimate of drug-likeness (QED) is 0.698. The molecule has 0 saturated carbocycles. The van der Waals surface area contributed by atoms with Crippen LogP contribution in [0.25, 0.3) is 0 Å². The Bertz CT molecular complexity index is 360. The molecule has 0 aromatic carbocycles. The Balaban J connectivity index is 2.38. The van der Waals surface area contributed by atoms with Crippen LogP contribution in [-0.4, -0.2) is 36.3 Å². The summed E-state index contributed by atoms with van der Waals surface area (Å²) in [5.74, 6) is 0.667. The van der Waals surface area contributed by atoms with E-state index in [9.17, 15) is 4.39 Å². The van der Waals surface area contributed by atoms with Crippen LogP contribution in [0.15, 0.2) is 6.20 Å². The van der Waals surface area contributed by atoms with Gasteiger partial charge in [0.1, 0.15) is 0 Å². The lowest BCUT2D eigenvalue weighted by molar-refractivity contribution is 0.118. The van der Waals surface area contributed by atoms with Gasteiger partial charge in [-0.05, 0) is 12.8 Å². The fraction of sp³-hybridized carbons (Fsp3) is 0.667. The molecule has 0 fully saturated rings. The molecule has 1 rings (SSSR count). The fourth-order valence-electron chi connectivity index (χ4n) is 1.30. The SMILES string of the molecule is CCNc1ncc(F)c(NCCOCC(C)C)n1. The topological polar surface area (TPSA) is 59.1 Å². The molecule has 0 aliphatic heterocycles. The van der Waals surface area contributed by atoms with Crippen LogP contribution in [0.1, 0.15) is 20.8 Å². The summed E-state index contributed by atoms with van der Waals surface area (Å²) in [6, 6.07) is 0. The number of nitrogens with zero attached hydrogens (tertiary/aromatic N) is 2. The Morgan fingerprint density at radius 3 is 2.83 bits per heavy atom. The van der Waals surface area contributed by atoms with Crippen LogP contribution >= 0.6 is 0 Å². The molecule has 0 spiro atoms. The number of aromatic nitrogens is 2. The zero-order valence-electron chi connectivity index (χ0n) is 11.2. The molecule has 0 saturated heterocycles. The summed E-state index contributed by atoms with van der Waals surface area (Å²) >= 11 is 0. The van der Waals surface area contributed by atoms with Gasteiger partial charge in [0, 0.05) is 19.7 Å². The van der Waals surface area contributed by atoms with Gasteiger partial charge < -0.3 is 15.4 Å². The van der Waals surface area contributed by atoms with E-state index in [1.807, 2.05) is 6.92 Å². The minimum absolute atomic E-state index is 0.203. The van der Waals surface area contributed by atoms with Crippen molar-refractivity contribution in [3.8, 4) is 0 Å². The maximum absolute atomic E-state index is 13.4. The summed E-state index contributed by atoms with van der Waals surface area (Å²) in [5.41, 5.74) is 0. The van der Waals surface area contributed by atoms with Crippen molar-refractivity contribution < 1.29 is 9.13 Å². The van der Waals surface area contributed by atoms with Gasteiger partial charge in [0.2, 0.25) is 5.95 Å². The molecule has 1 heterocycles. The van der Waals surface area contributed by atoms with Crippen LogP contribution < -0.4 is 10.6 Å². The first kappa shape index (κ1) is 14.6. The highest BCUT2D eigenvalue weighted by Gasteiger charge is 2.05. The third-order valence-electron chi connectivity index (χ3n) is 2.07. The van der Waals surface area contributed by atoms with Gasteiger partial charge in [-0.15, -0.1) is 0 Å². The monoisotopic (exact) mass is 256 g/mol. The molecule has 0 atom stereocenters. The summed E-state index contributed by atoms with van der Waals surface area (Å²) in [4.78, 5) is 7.86. The highest BCUT2D eigenvalue weighted by Crippen LogP contribution is 2.11. The van der Waals surface area contributed by atoms with E-state index in [-0.39, 0.29) is 5.82 Å². The molecule has 2 N–H and O–H groups in total. The van der Waals surface area contributed by atoms with Crippen LogP contribution in [0.2, 0.25) is 0 Å². The first-order chi connectivity index (χ1) is 8.63. The van der Waals surface area contributed by atoms with Gasteiger partial charge in [-0.2, -0.15) is 4.98 Å². The van der Waals surface area contributed by atoms with Crippen LogP contribution in [0.5, 0.6) is 0 Å². The van der Waals surface area contributed by atoms with Crippen molar-refractivity contribution in [2.45, 2.75) is 20.8 Å². The molecule has 0 unspecified atom stereocenters. The van der Waals surface area contributed by atoms with Crippen molar-refractivity contribution >= 4 is 11.8 Å². The number of nitrogens with one attached hydrogen (secondary N) is 2. The lowest BCUT2D eigenvalue weighted by Gasteiger charge is -2.10. The van der Waals surface area contributed by atoms with Gasteiger partial charge in [0.05, 0.1) is 12.8 Å².